The molecule has 0 aromatic carbocycles. The zero-order valence-electron chi connectivity index (χ0n) is 16.3. The van der Waals surface area contributed by atoms with Gasteiger partial charge in [-0.1, -0.05) is 66.5 Å². The Labute approximate surface area is 142 Å². The minimum atomic E-state index is -0.764. The number of aliphatic hydroxyl groups is 1. The summed E-state index contributed by atoms with van der Waals surface area (Å²) in [7, 11) is 0. The van der Waals surface area contributed by atoms with Gasteiger partial charge < -0.3 is 5.11 Å². The third kappa shape index (κ3) is 5.59. The molecule has 1 rings (SSSR count). The fourth-order valence-corrected chi connectivity index (χ4v) is 2.82. The topological polar surface area (TPSA) is 50.9 Å². The highest BCUT2D eigenvalue weighted by molar-refractivity contribution is 4.98. The van der Waals surface area contributed by atoms with Crippen LogP contribution in [-0.4, -0.2) is 25.7 Å². The second kappa shape index (κ2) is 7.78. The van der Waals surface area contributed by atoms with Crippen molar-refractivity contribution in [1.29, 1.82) is 0 Å². The van der Waals surface area contributed by atoms with Gasteiger partial charge in [-0.2, -0.15) is 0 Å². The predicted octanol–water partition coefficient (Wildman–Crippen LogP) is 4.61. The van der Waals surface area contributed by atoms with Crippen LogP contribution in [0.5, 0.6) is 0 Å². The van der Waals surface area contributed by atoms with E-state index in [0.29, 0.717) is 18.4 Å². The molecule has 1 heterocycles. The van der Waals surface area contributed by atoms with Gasteiger partial charge in [0.15, 0.2) is 0 Å². The highest BCUT2D eigenvalue weighted by atomic mass is 16.3. The Hall–Kier alpha value is -0.900. The summed E-state index contributed by atoms with van der Waals surface area (Å²) in [5.74, 6) is 0. The van der Waals surface area contributed by atoms with E-state index in [9.17, 15) is 5.11 Å². The van der Waals surface area contributed by atoms with Crippen LogP contribution in [0, 0.1) is 10.8 Å². The highest BCUT2D eigenvalue weighted by Gasteiger charge is 2.39. The molecule has 134 valence electrons. The van der Waals surface area contributed by atoms with Crippen molar-refractivity contribution in [3.8, 4) is 0 Å². The molecule has 4 nitrogen and oxygen atoms in total. The van der Waals surface area contributed by atoms with E-state index in [1.54, 1.807) is 0 Å². The van der Waals surface area contributed by atoms with E-state index in [2.05, 4.69) is 51.9 Å². The maximum Gasteiger partial charge on any atom is 0.0888 e. The molecule has 0 unspecified atom stereocenters. The van der Waals surface area contributed by atoms with Crippen molar-refractivity contribution in [1.82, 2.24) is 15.0 Å². The van der Waals surface area contributed by atoms with Crippen molar-refractivity contribution < 1.29 is 5.11 Å². The lowest BCUT2D eigenvalue weighted by atomic mass is 9.74. The molecule has 0 saturated heterocycles. The lowest BCUT2D eigenvalue weighted by Crippen LogP contribution is -2.46. The fraction of sp³-hybridized carbons (Fsp3) is 0.895. The van der Waals surface area contributed by atoms with Crippen LogP contribution >= 0.6 is 0 Å². The number of rotatable bonds is 9. The third-order valence-electron chi connectivity index (χ3n) is 5.58. The average molecular weight is 324 g/mol. The van der Waals surface area contributed by atoms with Crippen LogP contribution in [0.15, 0.2) is 6.20 Å². The number of aromatic nitrogens is 3. The minimum Gasteiger partial charge on any atom is -0.387 e. The van der Waals surface area contributed by atoms with E-state index in [4.69, 9.17) is 0 Å². The summed E-state index contributed by atoms with van der Waals surface area (Å²) in [5.41, 5.74) is 0.624. The van der Waals surface area contributed by atoms with Crippen LogP contribution in [0.3, 0.4) is 0 Å². The van der Waals surface area contributed by atoms with E-state index >= 15 is 0 Å². The van der Waals surface area contributed by atoms with Crippen molar-refractivity contribution in [3.05, 3.63) is 11.9 Å². The van der Waals surface area contributed by atoms with E-state index < -0.39 is 5.60 Å². The van der Waals surface area contributed by atoms with Gasteiger partial charge in [0.2, 0.25) is 0 Å². The number of hydrogen-bond acceptors (Lipinski definition) is 3. The van der Waals surface area contributed by atoms with Gasteiger partial charge in [0.25, 0.3) is 0 Å². The zero-order chi connectivity index (χ0) is 17.7. The SMILES string of the molecule is CCC(C)(C)CCCCc1cnnn1C[C@@](O)(CC)C(C)(C)C. The normalized spacial score (nSPS) is 15.7. The van der Waals surface area contributed by atoms with Crippen molar-refractivity contribution in [2.45, 2.75) is 99.1 Å². The van der Waals surface area contributed by atoms with Gasteiger partial charge in [-0.05, 0) is 36.5 Å². The Morgan fingerprint density at radius 1 is 1.04 bits per heavy atom. The molecular formula is C19H37N3O. The molecule has 0 radical (unpaired) electrons. The lowest BCUT2D eigenvalue weighted by Gasteiger charge is -2.39. The van der Waals surface area contributed by atoms with Crippen molar-refractivity contribution in [2.75, 3.05) is 0 Å². The largest absolute Gasteiger partial charge is 0.387 e. The van der Waals surface area contributed by atoms with Crippen molar-refractivity contribution >= 4 is 0 Å². The molecule has 4 heteroatoms. The average Bonchev–Trinajstić information content (AvgIpc) is 2.89. The number of unbranched alkanes of at least 4 members (excludes halogenated alkanes) is 1. The summed E-state index contributed by atoms with van der Waals surface area (Å²) < 4.78 is 1.90. The van der Waals surface area contributed by atoms with Gasteiger partial charge in [0.05, 0.1) is 24.0 Å². The first-order valence-electron chi connectivity index (χ1n) is 9.14. The Morgan fingerprint density at radius 3 is 2.22 bits per heavy atom. The Morgan fingerprint density at radius 2 is 1.70 bits per heavy atom. The standard InChI is InChI=1S/C19H37N3O/c1-8-18(6,7)13-11-10-12-16-14-20-21-22(16)15-19(23,9-2)17(3,4)5/h14,23H,8-13,15H2,1-7H3/t19-/m0/s1. The fourth-order valence-electron chi connectivity index (χ4n) is 2.82. The second-order valence-electron chi connectivity index (χ2n) is 8.74. The molecule has 0 spiro atoms. The molecule has 1 N–H and O–H groups in total. The molecule has 0 bridgehead atoms. The van der Waals surface area contributed by atoms with Crippen LogP contribution in [0.25, 0.3) is 0 Å². The summed E-state index contributed by atoms with van der Waals surface area (Å²) in [6, 6.07) is 0. The first kappa shape index (κ1) is 20.1. The maximum absolute atomic E-state index is 11.0. The molecule has 1 atom stereocenters. The van der Waals surface area contributed by atoms with Gasteiger partial charge in [-0.15, -0.1) is 5.10 Å². The summed E-state index contributed by atoms with van der Waals surface area (Å²) in [6.07, 6.45) is 8.40. The van der Waals surface area contributed by atoms with Crippen molar-refractivity contribution in [3.63, 3.8) is 0 Å². The molecular weight excluding hydrogens is 286 g/mol. The van der Waals surface area contributed by atoms with Crippen LogP contribution in [0.1, 0.15) is 86.3 Å². The predicted molar refractivity (Wildman–Crippen MR) is 96.3 cm³/mol. The lowest BCUT2D eigenvalue weighted by molar-refractivity contribution is -0.0770. The minimum absolute atomic E-state index is 0.184. The molecule has 0 aliphatic heterocycles. The number of hydrogen-bond donors (Lipinski definition) is 1. The summed E-state index contributed by atoms with van der Waals surface area (Å²) >= 11 is 0. The smallest absolute Gasteiger partial charge is 0.0888 e. The Balaban J connectivity index is 2.63. The van der Waals surface area contributed by atoms with Crippen LogP contribution in [0.4, 0.5) is 0 Å². The van der Waals surface area contributed by atoms with E-state index in [0.717, 1.165) is 18.5 Å². The van der Waals surface area contributed by atoms with Gasteiger partial charge in [-0.3, -0.25) is 0 Å². The van der Waals surface area contributed by atoms with E-state index in [1.165, 1.54) is 19.3 Å². The van der Waals surface area contributed by atoms with Gasteiger partial charge in [0, 0.05) is 0 Å². The Bertz CT molecular complexity index is 473. The Kier molecular flexibility index (Phi) is 6.81. The molecule has 0 amide bonds. The molecule has 23 heavy (non-hydrogen) atoms. The zero-order valence-corrected chi connectivity index (χ0v) is 16.3. The number of aryl methyl sites for hydroxylation is 1. The first-order valence-corrected chi connectivity index (χ1v) is 9.14. The number of nitrogens with zero attached hydrogens (tertiary/aromatic N) is 3. The molecule has 0 saturated carbocycles. The molecule has 1 aromatic rings. The molecule has 0 fully saturated rings. The summed E-state index contributed by atoms with van der Waals surface area (Å²) in [6.45, 7) is 15.7. The van der Waals surface area contributed by atoms with Crippen LogP contribution < -0.4 is 0 Å². The quantitative estimate of drug-likeness (QED) is 0.675. The van der Waals surface area contributed by atoms with Crippen LogP contribution in [-0.2, 0) is 13.0 Å². The summed E-state index contributed by atoms with van der Waals surface area (Å²) in [4.78, 5) is 0. The second-order valence-corrected chi connectivity index (χ2v) is 8.74. The van der Waals surface area contributed by atoms with Gasteiger partial charge in [-0.25, -0.2) is 4.68 Å². The first-order chi connectivity index (χ1) is 10.5. The molecule has 0 aliphatic carbocycles. The van der Waals surface area contributed by atoms with Gasteiger partial charge >= 0.3 is 0 Å². The van der Waals surface area contributed by atoms with E-state index in [1.807, 2.05) is 17.8 Å². The van der Waals surface area contributed by atoms with E-state index in [-0.39, 0.29) is 5.41 Å². The third-order valence-corrected chi connectivity index (χ3v) is 5.58. The summed E-state index contributed by atoms with van der Waals surface area (Å²) in [5, 5.41) is 19.3. The highest BCUT2D eigenvalue weighted by Crippen LogP contribution is 2.34. The monoisotopic (exact) mass is 323 g/mol. The molecule has 0 aliphatic rings. The maximum atomic E-state index is 11.0. The van der Waals surface area contributed by atoms with Gasteiger partial charge in [0.1, 0.15) is 0 Å². The molecule has 1 aromatic heterocycles. The van der Waals surface area contributed by atoms with Crippen molar-refractivity contribution in [2.24, 2.45) is 10.8 Å². The van der Waals surface area contributed by atoms with Crippen LogP contribution in [0.2, 0.25) is 0 Å².